The van der Waals surface area contributed by atoms with E-state index in [0.717, 1.165) is 18.7 Å². The second-order valence-electron chi connectivity index (χ2n) is 8.09. The highest BCUT2D eigenvalue weighted by Crippen LogP contribution is 2.23. The lowest BCUT2D eigenvalue weighted by Crippen LogP contribution is -2.44. The minimum atomic E-state index is -0.140. The van der Waals surface area contributed by atoms with Crippen LogP contribution in [0.1, 0.15) is 74.5 Å². The van der Waals surface area contributed by atoms with Crippen molar-refractivity contribution in [3.05, 3.63) is 17.5 Å². The van der Waals surface area contributed by atoms with Crippen LogP contribution in [-0.4, -0.2) is 59.6 Å². The van der Waals surface area contributed by atoms with Gasteiger partial charge in [0.15, 0.2) is 0 Å². The number of carbonyl (C=O) groups is 2. The van der Waals surface area contributed by atoms with Gasteiger partial charge in [0.05, 0.1) is 5.69 Å². The molecule has 7 heteroatoms. The fourth-order valence-electron chi connectivity index (χ4n) is 3.88. The van der Waals surface area contributed by atoms with Gasteiger partial charge in [-0.25, -0.2) is 4.79 Å². The molecule has 1 saturated carbocycles. The van der Waals surface area contributed by atoms with Crippen LogP contribution < -0.4 is 5.32 Å². The van der Waals surface area contributed by atoms with E-state index in [4.69, 9.17) is 4.52 Å². The number of amides is 3. The number of nitrogens with one attached hydrogen (secondary N) is 1. The molecule has 1 aromatic heterocycles. The molecule has 0 bridgehead atoms. The predicted molar refractivity (Wildman–Crippen MR) is 103 cm³/mol. The molecule has 27 heavy (non-hydrogen) atoms. The first-order chi connectivity index (χ1) is 13.0. The second kappa shape index (κ2) is 9.24. The third-order valence-electron chi connectivity index (χ3n) is 5.67. The SMILES string of the molecule is CC(C)c1cc(C(=O)N2CCCN(C(=O)NCC3CCCCC3)CC2)on1. The zero-order valence-corrected chi connectivity index (χ0v) is 16.6. The number of rotatable bonds is 4. The van der Waals surface area contributed by atoms with Crippen molar-refractivity contribution in [2.75, 3.05) is 32.7 Å². The highest BCUT2D eigenvalue weighted by atomic mass is 16.5. The molecule has 0 radical (unpaired) electrons. The van der Waals surface area contributed by atoms with E-state index >= 15 is 0 Å². The molecule has 7 nitrogen and oxygen atoms in total. The summed E-state index contributed by atoms with van der Waals surface area (Å²) in [6.07, 6.45) is 7.09. The van der Waals surface area contributed by atoms with Crippen molar-refractivity contribution in [2.45, 2.75) is 58.3 Å². The fourth-order valence-corrected chi connectivity index (χ4v) is 3.88. The van der Waals surface area contributed by atoms with Crippen molar-refractivity contribution in [1.82, 2.24) is 20.3 Å². The van der Waals surface area contributed by atoms with Crippen LogP contribution in [0.2, 0.25) is 0 Å². The van der Waals surface area contributed by atoms with E-state index in [9.17, 15) is 9.59 Å². The van der Waals surface area contributed by atoms with Gasteiger partial charge in [-0.2, -0.15) is 0 Å². The van der Waals surface area contributed by atoms with E-state index in [1.165, 1.54) is 32.1 Å². The molecule has 0 unspecified atom stereocenters. The number of carbonyl (C=O) groups excluding carboxylic acids is 2. The Kier molecular flexibility index (Phi) is 6.74. The number of hydrogen-bond donors (Lipinski definition) is 1. The van der Waals surface area contributed by atoms with Gasteiger partial charge >= 0.3 is 6.03 Å². The first-order valence-electron chi connectivity index (χ1n) is 10.3. The van der Waals surface area contributed by atoms with Crippen LogP contribution >= 0.6 is 0 Å². The molecule has 0 aromatic carbocycles. The van der Waals surface area contributed by atoms with Crippen LogP contribution in [0.25, 0.3) is 0 Å². The Morgan fingerprint density at radius 2 is 1.81 bits per heavy atom. The minimum absolute atomic E-state index is 0.00312. The zero-order chi connectivity index (χ0) is 19.2. The van der Waals surface area contributed by atoms with Crippen molar-refractivity contribution in [3.8, 4) is 0 Å². The predicted octanol–water partition coefficient (Wildman–Crippen LogP) is 3.24. The highest BCUT2D eigenvalue weighted by molar-refractivity contribution is 5.91. The zero-order valence-electron chi connectivity index (χ0n) is 16.6. The average molecular weight is 377 g/mol. The summed E-state index contributed by atoms with van der Waals surface area (Å²) in [5.41, 5.74) is 0.789. The molecule has 3 rings (SSSR count). The summed E-state index contributed by atoms with van der Waals surface area (Å²) >= 11 is 0. The third-order valence-corrected chi connectivity index (χ3v) is 5.67. The Bertz CT molecular complexity index is 637. The smallest absolute Gasteiger partial charge is 0.317 e. The van der Waals surface area contributed by atoms with Crippen molar-refractivity contribution < 1.29 is 14.1 Å². The van der Waals surface area contributed by atoms with Crippen LogP contribution in [-0.2, 0) is 0 Å². The Morgan fingerprint density at radius 1 is 1.11 bits per heavy atom. The third kappa shape index (κ3) is 5.23. The van der Waals surface area contributed by atoms with Gasteiger partial charge < -0.3 is 19.6 Å². The summed E-state index contributed by atoms with van der Waals surface area (Å²) in [5, 5.41) is 7.07. The van der Waals surface area contributed by atoms with Gasteiger partial charge in [-0.3, -0.25) is 4.79 Å². The van der Waals surface area contributed by atoms with Crippen LogP contribution in [0, 0.1) is 5.92 Å². The van der Waals surface area contributed by atoms with Gasteiger partial charge in [0.25, 0.3) is 5.91 Å². The second-order valence-corrected chi connectivity index (χ2v) is 8.09. The maximum atomic E-state index is 12.7. The van der Waals surface area contributed by atoms with Gasteiger partial charge in [0, 0.05) is 38.8 Å². The summed E-state index contributed by atoms with van der Waals surface area (Å²) in [7, 11) is 0. The van der Waals surface area contributed by atoms with Gasteiger partial charge in [-0.05, 0) is 31.1 Å². The molecule has 0 spiro atoms. The molecule has 2 aliphatic rings. The molecule has 3 amide bonds. The number of urea groups is 1. The minimum Gasteiger partial charge on any atom is -0.351 e. The van der Waals surface area contributed by atoms with Crippen LogP contribution in [0.3, 0.4) is 0 Å². The quantitative estimate of drug-likeness (QED) is 0.875. The van der Waals surface area contributed by atoms with Crippen LogP contribution in [0.15, 0.2) is 10.6 Å². The Morgan fingerprint density at radius 3 is 2.52 bits per heavy atom. The first kappa shape index (κ1) is 19.7. The lowest BCUT2D eigenvalue weighted by Gasteiger charge is -2.25. The van der Waals surface area contributed by atoms with Gasteiger partial charge in [0.2, 0.25) is 5.76 Å². The van der Waals surface area contributed by atoms with Gasteiger partial charge in [-0.1, -0.05) is 38.3 Å². The summed E-state index contributed by atoms with van der Waals surface area (Å²) in [4.78, 5) is 28.8. The Balaban J connectivity index is 1.48. The highest BCUT2D eigenvalue weighted by Gasteiger charge is 2.26. The molecule has 1 aromatic rings. The van der Waals surface area contributed by atoms with Crippen molar-refractivity contribution >= 4 is 11.9 Å². The molecular weight excluding hydrogens is 344 g/mol. The Labute approximate surface area is 161 Å². The van der Waals surface area contributed by atoms with E-state index < -0.39 is 0 Å². The van der Waals surface area contributed by atoms with Crippen molar-refractivity contribution in [1.29, 1.82) is 0 Å². The van der Waals surface area contributed by atoms with E-state index in [1.54, 1.807) is 11.0 Å². The summed E-state index contributed by atoms with van der Waals surface area (Å²) < 4.78 is 5.23. The molecule has 1 saturated heterocycles. The molecule has 2 fully saturated rings. The summed E-state index contributed by atoms with van der Waals surface area (Å²) in [6.45, 7) is 7.18. The average Bonchev–Trinajstić information content (AvgIpc) is 3.05. The lowest BCUT2D eigenvalue weighted by molar-refractivity contribution is 0.0720. The molecule has 150 valence electrons. The number of nitrogens with zero attached hydrogens (tertiary/aromatic N) is 3. The molecule has 1 N–H and O–H groups in total. The largest absolute Gasteiger partial charge is 0.351 e. The van der Waals surface area contributed by atoms with E-state index in [1.807, 2.05) is 18.7 Å². The molecule has 1 aliphatic carbocycles. The molecule has 1 aliphatic heterocycles. The number of hydrogen-bond acceptors (Lipinski definition) is 4. The maximum absolute atomic E-state index is 12.7. The summed E-state index contributed by atoms with van der Waals surface area (Å²) in [6, 6.07) is 1.73. The van der Waals surface area contributed by atoms with E-state index in [0.29, 0.717) is 32.1 Å². The lowest BCUT2D eigenvalue weighted by atomic mass is 9.89. The van der Waals surface area contributed by atoms with Gasteiger partial charge in [-0.15, -0.1) is 0 Å². The topological polar surface area (TPSA) is 78.7 Å². The van der Waals surface area contributed by atoms with Crippen molar-refractivity contribution in [3.63, 3.8) is 0 Å². The maximum Gasteiger partial charge on any atom is 0.317 e. The fraction of sp³-hybridized carbons (Fsp3) is 0.750. The van der Waals surface area contributed by atoms with E-state index in [-0.39, 0.29) is 23.6 Å². The van der Waals surface area contributed by atoms with E-state index in [2.05, 4.69) is 10.5 Å². The normalized spacial score (nSPS) is 19.2. The van der Waals surface area contributed by atoms with Crippen LogP contribution in [0.5, 0.6) is 0 Å². The first-order valence-corrected chi connectivity index (χ1v) is 10.3. The monoisotopic (exact) mass is 376 g/mol. The summed E-state index contributed by atoms with van der Waals surface area (Å²) in [5.74, 6) is 0.991. The molecule has 0 atom stereocenters. The van der Waals surface area contributed by atoms with Crippen molar-refractivity contribution in [2.24, 2.45) is 5.92 Å². The molecule has 2 heterocycles. The standard InChI is InChI=1S/C20H32N4O3/c1-15(2)17-13-18(27-22-17)19(25)23-9-6-10-24(12-11-23)20(26)21-14-16-7-4-3-5-8-16/h13,15-16H,3-12,14H2,1-2H3,(H,21,26). The van der Waals surface area contributed by atoms with Gasteiger partial charge in [0.1, 0.15) is 0 Å². The number of aromatic nitrogens is 1. The van der Waals surface area contributed by atoms with Crippen LogP contribution in [0.4, 0.5) is 4.79 Å². The Hall–Kier alpha value is -2.05. The molecular formula is C20H32N4O3.